The topological polar surface area (TPSA) is 41.9 Å². The van der Waals surface area contributed by atoms with E-state index in [1.165, 1.54) is 6.07 Å². The molecule has 1 aromatic carbocycles. The van der Waals surface area contributed by atoms with Crippen LogP contribution in [0.25, 0.3) is 0 Å². The highest BCUT2D eigenvalue weighted by Crippen LogP contribution is 2.29. The molecule has 0 saturated carbocycles. The zero-order valence-corrected chi connectivity index (χ0v) is 12.8. The first kappa shape index (κ1) is 15.7. The van der Waals surface area contributed by atoms with Crippen LogP contribution in [-0.2, 0) is 15.9 Å². The SMILES string of the molecule is OC(COCC1CCCO1)CN1CCCc2cccc(F)c21. The fourth-order valence-corrected chi connectivity index (χ4v) is 3.29. The molecular formula is C17H24FNO3. The van der Waals surface area contributed by atoms with Crippen molar-refractivity contribution >= 4 is 5.69 Å². The Labute approximate surface area is 130 Å². The van der Waals surface area contributed by atoms with Gasteiger partial charge in [0.2, 0.25) is 0 Å². The summed E-state index contributed by atoms with van der Waals surface area (Å²) in [6, 6.07) is 5.20. The molecule has 1 saturated heterocycles. The van der Waals surface area contributed by atoms with Crippen molar-refractivity contribution in [3.63, 3.8) is 0 Å². The van der Waals surface area contributed by atoms with Gasteiger partial charge < -0.3 is 19.5 Å². The summed E-state index contributed by atoms with van der Waals surface area (Å²) in [5.74, 6) is -0.204. The van der Waals surface area contributed by atoms with Gasteiger partial charge in [-0.15, -0.1) is 0 Å². The summed E-state index contributed by atoms with van der Waals surface area (Å²) in [4.78, 5) is 1.94. The standard InChI is InChI=1S/C17H24FNO3/c18-16-7-1-4-13-5-2-8-19(17(13)16)10-14(20)11-21-12-15-6-3-9-22-15/h1,4,7,14-15,20H,2-3,5-6,8-12H2. The third-order valence-electron chi connectivity index (χ3n) is 4.33. The van der Waals surface area contributed by atoms with E-state index in [1.54, 1.807) is 6.07 Å². The van der Waals surface area contributed by atoms with Crippen LogP contribution in [0, 0.1) is 5.82 Å². The maximum Gasteiger partial charge on any atom is 0.146 e. The van der Waals surface area contributed by atoms with Crippen LogP contribution in [0.4, 0.5) is 10.1 Å². The smallest absolute Gasteiger partial charge is 0.146 e. The zero-order chi connectivity index (χ0) is 15.4. The van der Waals surface area contributed by atoms with Crippen molar-refractivity contribution in [1.29, 1.82) is 0 Å². The predicted molar refractivity (Wildman–Crippen MR) is 82.7 cm³/mol. The van der Waals surface area contributed by atoms with E-state index in [2.05, 4.69) is 0 Å². The molecule has 3 rings (SSSR count). The Morgan fingerprint density at radius 1 is 1.41 bits per heavy atom. The Morgan fingerprint density at radius 2 is 2.32 bits per heavy atom. The van der Waals surface area contributed by atoms with Gasteiger partial charge in [0, 0.05) is 19.7 Å². The number of aryl methyl sites for hydroxylation is 1. The molecule has 2 unspecified atom stereocenters. The molecule has 2 aliphatic rings. The summed E-state index contributed by atoms with van der Waals surface area (Å²) in [5.41, 5.74) is 1.67. The predicted octanol–water partition coefficient (Wildman–Crippen LogP) is 2.13. The lowest BCUT2D eigenvalue weighted by Crippen LogP contribution is -2.39. The van der Waals surface area contributed by atoms with Crippen LogP contribution in [-0.4, -0.2) is 50.2 Å². The molecule has 1 fully saturated rings. The first-order valence-corrected chi connectivity index (χ1v) is 8.14. The number of halogens is 1. The van der Waals surface area contributed by atoms with Crippen molar-refractivity contribution in [2.45, 2.75) is 37.9 Å². The average molecular weight is 309 g/mol. The van der Waals surface area contributed by atoms with E-state index in [0.29, 0.717) is 18.8 Å². The minimum atomic E-state index is -0.619. The molecule has 2 atom stereocenters. The largest absolute Gasteiger partial charge is 0.389 e. The van der Waals surface area contributed by atoms with Crippen molar-refractivity contribution in [2.75, 3.05) is 37.8 Å². The number of benzene rings is 1. The van der Waals surface area contributed by atoms with E-state index in [4.69, 9.17) is 9.47 Å². The minimum Gasteiger partial charge on any atom is -0.389 e. The molecule has 1 aromatic rings. The molecule has 0 aromatic heterocycles. The quantitative estimate of drug-likeness (QED) is 0.874. The second-order valence-corrected chi connectivity index (χ2v) is 6.12. The molecule has 2 aliphatic heterocycles. The number of rotatable bonds is 6. The molecule has 0 spiro atoms. The molecule has 5 heteroatoms. The van der Waals surface area contributed by atoms with Crippen molar-refractivity contribution in [3.05, 3.63) is 29.6 Å². The van der Waals surface area contributed by atoms with Crippen LogP contribution in [0.1, 0.15) is 24.8 Å². The molecule has 22 heavy (non-hydrogen) atoms. The normalized spacial score (nSPS) is 22.6. The molecule has 0 aliphatic carbocycles. The Bertz CT molecular complexity index is 491. The Balaban J connectivity index is 1.50. The van der Waals surface area contributed by atoms with Gasteiger partial charge in [-0.3, -0.25) is 0 Å². The average Bonchev–Trinajstić information content (AvgIpc) is 3.01. The van der Waals surface area contributed by atoms with Crippen molar-refractivity contribution < 1.29 is 19.0 Å². The number of anilines is 1. The monoisotopic (exact) mass is 309 g/mol. The number of aliphatic hydroxyl groups is 1. The lowest BCUT2D eigenvalue weighted by molar-refractivity contribution is -0.0150. The number of fused-ring (bicyclic) bond motifs is 1. The number of hydrogen-bond acceptors (Lipinski definition) is 4. The summed E-state index contributed by atoms with van der Waals surface area (Å²) in [6.45, 7) is 2.78. The van der Waals surface area contributed by atoms with E-state index in [0.717, 1.165) is 44.4 Å². The summed E-state index contributed by atoms with van der Waals surface area (Å²) < 4.78 is 25.1. The second kappa shape index (κ2) is 7.40. The maximum atomic E-state index is 14.1. The molecule has 1 N–H and O–H groups in total. The van der Waals surface area contributed by atoms with Crippen molar-refractivity contribution in [1.82, 2.24) is 0 Å². The van der Waals surface area contributed by atoms with Gasteiger partial charge in [-0.05, 0) is 37.3 Å². The van der Waals surface area contributed by atoms with Gasteiger partial charge in [-0.1, -0.05) is 12.1 Å². The van der Waals surface area contributed by atoms with Crippen molar-refractivity contribution in [2.24, 2.45) is 0 Å². The first-order valence-electron chi connectivity index (χ1n) is 8.14. The van der Waals surface area contributed by atoms with Crippen LogP contribution < -0.4 is 4.90 Å². The van der Waals surface area contributed by atoms with Gasteiger partial charge in [0.15, 0.2) is 0 Å². The van der Waals surface area contributed by atoms with Gasteiger partial charge in [0.05, 0.1) is 31.1 Å². The summed E-state index contributed by atoms with van der Waals surface area (Å²) >= 11 is 0. The molecule has 0 amide bonds. The third kappa shape index (κ3) is 3.77. The van der Waals surface area contributed by atoms with Gasteiger partial charge in [0.1, 0.15) is 5.82 Å². The van der Waals surface area contributed by atoms with E-state index >= 15 is 0 Å². The first-order chi connectivity index (χ1) is 10.7. The number of β-amino-alcohol motifs (C(OH)–C–C–N with tert-alkyl or cyclic N) is 1. The summed E-state index contributed by atoms with van der Waals surface area (Å²) in [6.07, 6.45) is 3.54. The van der Waals surface area contributed by atoms with Crippen LogP contribution in [0.2, 0.25) is 0 Å². The number of hydrogen-bond donors (Lipinski definition) is 1. The number of nitrogens with zero attached hydrogens (tertiary/aromatic N) is 1. The Kier molecular flexibility index (Phi) is 5.28. The molecule has 4 nitrogen and oxygen atoms in total. The number of para-hydroxylation sites is 1. The van der Waals surface area contributed by atoms with Gasteiger partial charge in [0.25, 0.3) is 0 Å². The van der Waals surface area contributed by atoms with Crippen molar-refractivity contribution in [3.8, 4) is 0 Å². The Morgan fingerprint density at radius 3 is 3.14 bits per heavy atom. The lowest BCUT2D eigenvalue weighted by atomic mass is 10.0. The highest BCUT2D eigenvalue weighted by atomic mass is 19.1. The highest BCUT2D eigenvalue weighted by Gasteiger charge is 2.23. The van der Waals surface area contributed by atoms with Crippen LogP contribution >= 0.6 is 0 Å². The molecule has 2 heterocycles. The zero-order valence-electron chi connectivity index (χ0n) is 12.8. The van der Waals surface area contributed by atoms with E-state index in [-0.39, 0.29) is 18.5 Å². The maximum absolute atomic E-state index is 14.1. The molecule has 0 bridgehead atoms. The molecule has 0 radical (unpaired) electrons. The summed E-state index contributed by atoms with van der Waals surface area (Å²) in [7, 11) is 0. The fourth-order valence-electron chi connectivity index (χ4n) is 3.29. The number of ether oxygens (including phenoxy) is 2. The van der Waals surface area contributed by atoms with Gasteiger partial charge >= 0.3 is 0 Å². The van der Waals surface area contributed by atoms with E-state index in [1.807, 2.05) is 11.0 Å². The number of aliphatic hydroxyl groups excluding tert-OH is 1. The van der Waals surface area contributed by atoms with E-state index in [9.17, 15) is 9.50 Å². The lowest BCUT2D eigenvalue weighted by Gasteiger charge is -2.33. The van der Waals surface area contributed by atoms with Crippen LogP contribution in [0.5, 0.6) is 0 Å². The third-order valence-corrected chi connectivity index (χ3v) is 4.33. The fraction of sp³-hybridized carbons (Fsp3) is 0.647. The molecular weight excluding hydrogens is 285 g/mol. The highest BCUT2D eigenvalue weighted by molar-refractivity contribution is 5.56. The second-order valence-electron chi connectivity index (χ2n) is 6.12. The van der Waals surface area contributed by atoms with Gasteiger partial charge in [-0.2, -0.15) is 0 Å². The van der Waals surface area contributed by atoms with Crippen LogP contribution in [0.15, 0.2) is 18.2 Å². The molecule has 122 valence electrons. The summed E-state index contributed by atoms with van der Waals surface area (Å²) in [5, 5.41) is 10.2. The minimum absolute atomic E-state index is 0.167. The van der Waals surface area contributed by atoms with Gasteiger partial charge in [-0.25, -0.2) is 4.39 Å². The van der Waals surface area contributed by atoms with Crippen LogP contribution in [0.3, 0.4) is 0 Å². The Hall–Kier alpha value is -1.17. The van der Waals surface area contributed by atoms with E-state index < -0.39 is 6.10 Å².